The van der Waals surface area contributed by atoms with E-state index in [1.807, 2.05) is 0 Å². The Labute approximate surface area is 101 Å². The molecule has 4 N–H and O–H groups in total. The van der Waals surface area contributed by atoms with Crippen molar-refractivity contribution < 1.29 is 14.7 Å². The van der Waals surface area contributed by atoms with Crippen molar-refractivity contribution in [1.82, 2.24) is 5.32 Å². The molecule has 2 fully saturated rings. The average molecular weight is 240 g/mol. The van der Waals surface area contributed by atoms with Crippen LogP contribution in [0.4, 0.5) is 0 Å². The highest BCUT2D eigenvalue weighted by molar-refractivity contribution is 5.87. The third-order valence-electron chi connectivity index (χ3n) is 4.27. The van der Waals surface area contributed by atoms with E-state index < -0.39 is 16.9 Å². The van der Waals surface area contributed by atoms with Gasteiger partial charge in [-0.2, -0.15) is 0 Å². The molecule has 96 valence electrons. The minimum Gasteiger partial charge on any atom is -0.481 e. The molecule has 2 aliphatic rings. The van der Waals surface area contributed by atoms with Crippen LogP contribution in [0.3, 0.4) is 0 Å². The monoisotopic (exact) mass is 240 g/mol. The molecule has 0 heterocycles. The van der Waals surface area contributed by atoms with Crippen molar-refractivity contribution in [1.29, 1.82) is 0 Å². The summed E-state index contributed by atoms with van der Waals surface area (Å²) in [6, 6.07) is 0. The van der Waals surface area contributed by atoms with Gasteiger partial charge in [0.05, 0.1) is 11.0 Å². The molecular weight excluding hydrogens is 220 g/mol. The van der Waals surface area contributed by atoms with Crippen LogP contribution in [0, 0.1) is 11.3 Å². The third kappa shape index (κ3) is 2.16. The van der Waals surface area contributed by atoms with Gasteiger partial charge >= 0.3 is 5.97 Å². The van der Waals surface area contributed by atoms with E-state index in [0.29, 0.717) is 12.8 Å². The Balaban J connectivity index is 1.89. The lowest BCUT2D eigenvalue weighted by atomic mass is 9.68. The summed E-state index contributed by atoms with van der Waals surface area (Å²) in [6.07, 6.45) is 4.19. The number of carboxylic acids is 1. The van der Waals surface area contributed by atoms with Crippen LogP contribution in [0.1, 0.15) is 39.0 Å². The predicted molar refractivity (Wildman–Crippen MR) is 62.2 cm³/mol. The molecule has 0 saturated heterocycles. The molecule has 0 aliphatic heterocycles. The second-order valence-electron chi connectivity index (χ2n) is 5.68. The molecule has 5 heteroatoms. The number of carboxylic acid groups (broad SMARTS) is 1. The Bertz CT molecular complexity index is 344. The van der Waals surface area contributed by atoms with Crippen LogP contribution in [-0.4, -0.2) is 29.1 Å². The second kappa shape index (κ2) is 3.98. The molecule has 2 saturated carbocycles. The van der Waals surface area contributed by atoms with Crippen LogP contribution in [0.25, 0.3) is 0 Å². The number of carbonyl (C=O) groups excluding carboxylic acids is 1. The fourth-order valence-corrected chi connectivity index (χ4v) is 2.38. The Morgan fingerprint density at radius 3 is 2.41 bits per heavy atom. The lowest BCUT2D eigenvalue weighted by Gasteiger charge is -2.38. The molecule has 0 aromatic carbocycles. The predicted octanol–water partition coefficient (Wildman–Crippen LogP) is 0.485. The first kappa shape index (κ1) is 12.4. The number of nitrogens with one attached hydrogen (secondary N) is 1. The number of nitrogens with two attached hydrogens (primary N) is 1. The van der Waals surface area contributed by atoms with Gasteiger partial charge in [-0.05, 0) is 38.5 Å². The van der Waals surface area contributed by atoms with Gasteiger partial charge in [0, 0.05) is 6.54 Å². The van der Waals surface area contributed by atoms with Crippen molar-refractivity contribution in [2.45, 2.75) is 44.6 Å². The summed E-state index contributed by atoms with van der Waals surface area (Å²) < 4.78 is 0. The molecule has 5 nitrogen and oxygen atoms in total. The summed E-state index contributed by atoms with van der Waals surface area (Å²) in [5.74, 6) is -0.772. The van der Waals surface area contributed by atoms with Crippen LogP contribution < -0.4 is 11.1 Å². The van der Waals surface area contributed by atoms with Gasteiger partial charge in [0.15, 0.2) is 0 Å². The van der Waals surface area contributed by atoms with Crippen LogP contribution in [0.2, 0.25) is 0 Å². The topological polar surface area (TPSA) is 92.4 Å². The first-order chi connectivity index (χ1) is 7.88. The average Bonchev–Trinajstić information content (AvgIpc) is 2.97. The minimum absolute atomic E-state index is 0.209. The van der Waals surface area contributed by atoms with Gasteiger partial charge < -0.3 is 16.2 Å². The molecule has 1 atom stereocenters. The summed E-state index contributed by atoms with van der Waals surface area (Å²) >= 11 is 0. The molecule has 17 heavy (non-hydrogen) atoms. The molecule has 1 amide bonds. The molecule has 1 unspecified atom stereocenters. The zero-order chi connectivity index (χ0) is 12.7. The molecule has 0 aromatic heterocycles. The zero-order valence-corrected chi connectivity index (χ0v) is 10.2. The number of aliphatic carboxylic acids is 1. The van der Waals surface area contributed by atoms with Crippen molar-refractivity contribution in [2.24, 2.45) is 17.1 Å². The Morgan fingerprint density at radius 2 is 2.06 bits per heavy atom. The summed E-state index contributed by atoms with van der Waals surface area (Å²) in [5, 5.41) is 11.9. The summed E-state index contributed by atoms with van der Waals surface area (Å²) in [4.78, 5) is 23.1. The largest absolute Gasteiger partial charge is 0.481 e. The number of hydrogen-bond acceptors (Lipinski definition) is 3. The van der Waals surface area contributed by atoms with E-state index in [2.05, 4.69) is 5.32 Å². The fourth-order valence-electron chi connectivity index (χ4n) is 2.38. The summed E-state index contributed by atoms with van der Waals surface area (Å²) in [5.41, 5.74) is 4.39. The van der Waals surface area contributed by atoms with E-state index in [1.165, 1.54) is 0 Å². The highest BCUT2D eigenvalue weighted by Crippen LogP contribution is 2.41. The molecule has 2 rings (SSSR count). The third-order valence-corrected chi connectivity index (χ3v) is 4.27. The highest BCUT2D eigenvalue weighted by atomic mass is 16.4. The van der Waals surface area contributed by atoms with Crippen molar-refractivity contribution in [3.05, 3.63) is 0 Å². The van der Waals surface area contributed by atoms with Gasteiger partial charge in [0.1, 0.15) is 0 Å². The molecule has 0 spiro atoms. The smallest absolute Gasteiger partial charge is 0.311 e. The van der Waals surface area contributed by atoms with E-state index in [9.17, 15) is 9.59 Å². The van der Waals surface area contributed by atoms with Crippen LogP contribution in [0.5, 0.6) is 0 Å². The van der Waals surface area contributed by atoms with Crippen molar-refractivity contribution in [3.8, 4) is 0 Å². The van der Waals surface area contributed by atoms with Gasteiger partial charge in [-0.1, -0.05) is 6.42 Å². The molecule has 0 radical (unpaired) electrons. The zero-order valence-electron chi connectivity index (χ0n) is 10.2. The Kier molecular flexibility index (Phi) is 2.89. The van der Waals surface area contributed by atoms with Gasteiger partial charge in [-0.3, -0.25) is 9.59 Å². The van der Waals surface area contributed by atoms with Gasteiger partial charge in [0.25, 0.3) is 0 Å². The quantitative estimate of drug-likeness (QED) is 0.652. The molecule has 0 bridgehead atoms. The number of carbonyl (C=O) groups is 2. The Hall–Kier alpha value is -1.10. The maximum atomic E-state index is 11.9. The van der Waals surface area contributed by atoms with E-state index in [4.69, 9.17) is 10.8 Å². The molecule has 0 aromatic rings. The minimum atomic E-state index is -0.844. The van der Waals surface area contributed by atoms with Crippen LogP contribution in [-0.2, 0) is 9.59 Å². The maximum absolute atomic E-state index is 11.9. The van der Waals surface area contributed by atoms with Crippen LogP contribution >= 0.6 is 0 Å². The van der Waals surface area contributed by atoms with E-state index in [0.717, 1.165) is 19.3 Å². The van der Waals surface area contributed by atoms with Gasteiger partial charge in [0.2, 0.25) is 5.91 Å². The number of hydrogen-bond donors (Lipinski definition) is 3. The lowest BCUT2D eigenvalue weighted by Crippen LogP contribution is -2.57. The lowest BCUT2D eigenvalue weighted by molar-refractivity contribution is -0.154. The first-order valence-electron chi connectivity index (χ1n) is 6.19. The summed E-state index contributed by atoms with van der Waals surface area (Å²) in [6.45, 7) is 1.94. The van der Waals surface area contributed by atoms with E-state index in [-0.39, 0.29) is 18.4 Å². The standard InChI is InChI=1S/C12H20N2O3/c1-11(13,8-3-4-8)9(15)14-7-12(10(16)17)5-2-6-12/h8H,2-7,13H2,1H3,(H,14,15)(H,16,17). The number of rotatable bonds is 5. The van der Waals surface area contributed by atoms with Gasteiger partial charge in [-0.15, -0.1) is 0 Å². The normalized spacial score (nSPS) is 25.5. The first-order valence-corrected chi connectivity index (χ1v) is 6.19. The highest BCUT2D eigenvalue weighted by Gasteiger charge is 2.47. The van der Waals surface area contributed by atoms with E-state index >= 15 is 0 Å². The van der Waals surface area contributed by atoms with Crippen molar-refractivity contribution in [2.75, 3.05) is 6.54 Å². The van der Waals surface area contributed by atoms with E-state index in [1.54, 1.807) is 6.92 Å². The number of amides is 1. The van der Waals surface area contributed by atoms with Crippen molar-refractivity contribution >= 4 is 11.9 Å². The van der Waals surface area contributed by atoms with Crippen molar-refractivity contribution in [3.63, 3.8) is 0 Å². The molecule has 2 aliphatic carbocycles. The van der Waals surface area contributed by atoms with Crippen LogP contribution in [0.15, 0.2) is 0 Å². The Morgan fingerprint density at radius 1 is 1.47 bits per heavy atom. The fraction of sp³-hybridized carbons (Fsp3) is 0.833. The maximum Gasteiger partial charge on any atom is 0.311 e. The molecular formula is C12H20N2O3. The SMILES string of the molecule is CC(N)(C(=O)NCC1(C(=O)O)CCC1)C1CC1. The van der Waals surface area contributed by atoms with Gasteiger partial charge in [-0.25, -0.2) is 0 Å². The second-order valence-corrected chi connectivity index (χ2v) is 5.68. The summed E-state index contributed by atoms with van der Waals surface area (Å²) in [7, 11) is 0.